The quantitative estimate of drug-likeness (QED) is 0.865. The minimum Gasteiger partial charge on any atom is -0.385 e. The maximum atomic E-state index is 12.3. The van der Waals surface area contributed by atoms with Crippen molar-refractivity contribution in [1.29, 1.82) is 0 Å². The van der Waals surface area contributed by atoms with E-state index in [0.717, 1.165) is 17.8 Å². The predicted molar refractivity (Wildman–Crippen MR) is 82.0 cm³/mol. The SMILES string of the molecule is CCNc1ccc(C(=O)N(C)CCS(C)(=O)=O)c(C)c1. The van der Waals surface area contributed by atoms with Gasteiger partial charge in [0.25, 0.3) is 5.91 Å². The lowest BCUT2D eigenvalue weighted by Crippen LogP contribution is -2.31. The number of hydrogen-bond donors (Lipinski definition) is 1. The summed E-state index contributed by atoms with van der Waals surface area (Å²) in [5, 5.41) is 3.18. The van der Waals surface area contributed by atoms with Crippen molar-refractivity contribution in [3.8, 4) is 0 Å². The molecule has 6 heteroatoms. The number of carbonyl (C=O) groups is 1. The molecule has 0 saturated heterocycles. The van der Waals surface area contributed by atoms with Crippen LogP contribution in [0.4, 0.5) is 5.69 Å². The molecule has 0 aliphatic rings. The van der Waals surface area contributed by atoms with E-state index in [9.17, 15) is 13.2 Å². The van der Waals surface area contributed by atoms with E-state index in [2.05, 4.69) is 5.32 Å². The molecule has 112 valence electrons. The fraction of sp³-hybridized carbons (Fsp3) is 0.500. The number of amides is 1. The molecule has 0 aliphatic heterocycles. The lowest BCUT2D eigenvalue weighted by Gasteiger charge is -2.18. The monoisotopic (exact) mass is 298 g/mol. The van der Waals surface area contributed by atoms with Crippen LogP contribution < -0.4 is 5.32 Å². The molecule has 1 aromatic carbocycles. The molecule has 0 unspecified atom stereocenters. The van der Waals surface area contributed by atoms with E-state index in [0.29, 0.717) is 5.56 Å². The number of benzene rings is 1. The van der Waals surface area contributed by atoms with Gasteiger partial charge >= 0.3 is 0 Å². The lowest BCUT2D eigenvalue weighted by atomic mass is 10.1. The van der Waals surface area contributed by atoms with Gasteiger partial charge in [-0.1, -0.05) is 0 Å². The van der Waals surface area contributed by atoms with Crippen LogP contribution in [0.5, 0.6) is 0 Å². The van der Waals surface area contributed by atoms with E-state index in [-0.39, 0.29) is 18.2 Å². The van der Waals surface area contributed by atoms with Crippen LogP contribution in [0.25, 0.3) is 0 Å². The summed E-state index contributed by atoms with van der Waals surface area (Å²) in [6, 6.07) is 5.54. The second-order valence-electron chi connectivity index (χ2n) is 4.92. The van der Waals surface area contributed by atoms with Gasteiger partial charge in [0.2, 0.25) is 0 Å². The van der Waals surface area contributed by atoms with Gasteiger partial charge in [-0.05, 0) is 37.6 Å². The van der Waals surface area contributed by atoms with Crippen LogP contribution in [0.15, 0.2) is 18.2 Å². The molecule has 0 fully saturated rings. The van der Waals surface area contributed by atoms with Gasteiger partial charge in [-0.2, -0.15) is 0 Å². The van der Waals surface area contributed by atoms with Gasteiger partial charge < -0.3 is 10.2 Å². The molecule has 0 spiro atoms. The van der Waals surface area contributed by atoms with Crippen LogP contribution in [0, 0.1) is 6.92 Å². The Morgan fingerprint density at radius 3 is 2.50 bits per heavy atom. The Kier molecular flexibility index (Phi) is 5.56. The summed E-state index contributed by atoms with van der Waals surface area (Å²) in [4.78, 5) is 13.7. The molecule has 5 nitrogen and oxygen atoms in total. The smallest absolute Gasteiger partial charge is 0.253 e. The molecule has 0 aliphatic carbocycles. The van der Waals surface area contributed by atoms with E-state index in [1.807, 2.05) is 26.0 Å². The van der Waals surface area contributed by atoms with Gasteiger partial charge in [0.15, 0.2) is 0 Å². The summed E-state index contributed by atoms with van der Waals surface area (Å²) in [6.07, 6.45) is 1.17. The van der Waals surface area contributed by atoms with Gasteiger partial charge in [-0.25, -0.2) is 8.42 Å². The number of aryl methyl sites for hydroxylation is 1. The number of hydrogen-bond acceptors (Lipinski definition) is 4. The molecule has 20 heavy (non-hydrogen) atoms. The number of rotatable bonds is 6. The third kappa shape index (κ3) is 4.85. The third-order valence-corrected chi connectivity index (χ3v) is 3.91. The summed E-state index contributed by atoms with van der Waals surface area (Å²) in [5.41, 5.74) is 2.45. The zero-order valence-electron chi connectivity index (χ0n) is 12.4. The average molecular weight is 298 g/mol. The van der Waals surface area contributed by atoms with E-state index in [1.165, 1.54) is 11.2 Å². The molecule has 0 aromatic heterocycles. The second-order valence-corrected chi connectivity index (χ2v) is 7.18. The van der Waals surface area contributed by atoms with Gasteiger partial charge in [0, 0.05) is 37.6 Å². The second kappa shape index (κ2) is 6.74. The first-order chi connectivity index (χ1) is 9.24. The number of sulfone groups is 1. The molecular formula is C14H22N2O3S. The predicted octanol–water partition coefficient (Wildman–Crippen LogP) is 1.54. The lowest BCUT2D eigenvalue weighted by molar-refractivity contribution is 0.0803. The average Bonchev–Trinajstić information content (AvgIpc) is 2.35. The van der Waals surface area contributed by atoms with Gasteiger partial charge in [0.05, 0.1) is 5.75 Å². The third-order valence-electron chi connectivity index (χ3n) is 2.98. The highest BCUT2D eigenvalue weighted by molar-refractivity contribution is 7.90. The molecular weight excluding hydrogens is 276 g/mol. The van der Waals surface area contributed by atoms with Crippen LogP contribution in [0.3, 0.4) is 0 Å². The Morgan fingerprint density at radius 1 is 1.35 bits per heavy atom. The molecule has 0 saturated carbocycles. The van der Waals surface area contributed by atoms with E-state index in [4.69, 9.17) is 0 Å². The minimum absolute atomic E-state index is 0.0240. The summed E-state index contributed by atoms with van der Waals surface area (Å²) in [7, 11) is -1.45. The Balaban J connectivity index is 2.81. The van der Waals surface area contributed by atoms with Gasteiger partial charge in [-0.15, -0.1) is 0 Å². The number of nitrogens with one attached hydrogen (secondary N) is 1. The minimum atomic E-state index is -3.06. The fourth-order valence-electron chi connectivity index (χ4n) is 1.83. The normalized spacial score (nSPS) is 11.2. The zero-order valence-corrected chi connectivity index (χ0v) is 13.3. The summed E-state index contributed by atoms with van der Waals surface area (Å²) in [6.45, 7) is 4.90. The van der Waals surface area contributed by atoms with Crippen molar-refractivity contribution in [3.63, 3.8) is 0 Å². The summed E-state index contributed by atoms with van der Waals surface area (Å²) in [5.74, 6) is -0.182. The molecule has 1 amide bonds. The standard InChI is InChI=1S/C14H22N2O3S/c1-5-15-12-6-7-13(11(2)10-12)14(17)16(3)8-9-20(4,18)19/h6-7,10,15H,5,8-9H2,1-4H3. The van der Waals surface area contributed by atoms with Crippen molar-refractivity contribution in [2.45, 2.75) is 13.8 Å². The topological polar surface area (TPSA) is 66.5 Å². The van der Waals surface area contributed by atoms with Crippen LogP contribution >= 0.6 is 0 Å². The highest BCUT2D eigenvalue weighted by atomic mass is 32.2. The van der Waals surface area contributed by atoms with E-state index in [1.54, 1.807) is 13.1 Å². The maximum Gasteiger partial charge on any atom is 0.253 e. The van der Waals surface area contributed by atoms with Crippen molar-refractivity contribution in [2.75, 3.05) is 37.5 Å². The van der Waals surface area contributed by atoms with Crippen molar-refractivity contribution >= 4 is 21.4 Å². The molecule has 1 rings (SSSR count). The van der Waals surface area contributed by atoms with Crippen LogP contribution in [-0.2, 0) is 9.84 Å². The number of nitrogens with zero attached hydrogens (tertiary/aromatic N) is 1. The maximum absolute atomic E-state index is 12.3. The van der Waals surface area contributed by atoms with E-state index < -0.39 is 9.84 Å². The molecule has 0 atom stereocenters. The van der Waals surface area contributed by atoms with Crippen molar-refractivity contribution < 1.29 is 13.2 Å². The molecule has 1 N–H and O–H groups in total. The first-order valence-electron chi connectivity index (χ1n) is 6.52. The Bertz CT molecular complexity index is 582. The van der Waals surface area contributed by atoms with Gasteiger partial charge in [-0.3, -0.25) is 4.79 Å². The van der Waals surface area contributed by atoms with Crippen LogP contribution in [-0.4, -0.2) is 51.4 Å². The van der Waals surface area contributed by atoms with E-state index >= 15 is 0 Å². The highest BCUT2D eigenvalue weighted by Gasteiger charge is 2.15. The Labute approximate surface area is 120 Å². The first kappa shape index (κ1) is 16.5. The summed E-state index contributed by atoms with van der Waals surface area (Å²) >= 11 is 0. The van der Waals surface area contributed by atoms with Crippen molar-refractivity contribution in [3.05, 3.63) is 29.3 Å². The van der Waals surface area contributed by atoms with Crippen LogP contribution in [0.2, 0.25) is 0 Å². The molecule has 0 radical (unpaired) electrons. The first-order valence-corrected chi connectivity index (χ1v) is 8.58. The number of anilines is 1. The van der Waals surface area contributed by atoms with Crippen molar-refractivity contribution in [2.24, 2.45) is 0 Å². The zero-order chi connectivity index (χ0) is 15.3. The summed E-state index contributed by atoms with van der Waals surface area (Å²) < 4.78 is 22.3. The Morgan fingerprint density at radius 2 is 2.00 bits per heavy atom. The van der Waals surface area contributed by atoms with Crippen LogP contribution in [0.1, 0.15) is 22.8 Å². The molecule has 0 bridgehead atoms. The Hall–Kier alpha value is -1.56. The number of carbonyl (C=O) groups excluding carboxylic acids is 1. The van der Waals surface area contributed by atoms with Crippen molar-refractivity contribution in [1.82, 2.24) is 4.90 Å². The molecule has 0 heterocycles. The highest BCUT2D eigenvalue weighted by Crippen LogP contribution is 2.16. The van der Waals surface area contributed by atoms with Gasteiger partial charge in [0.1, 0.15) is 9.84 Å². The largest absolute Gasteiger partial charge is 0.385 e. The fourth-order valence-corrected chi connectivity index (χ4v) is 2.43. The molecule has 1 aromatic rings.